The van der Waals surface area contributed by atoms with Crippen LogP contribution in [0.3, 0.4) is 0 Å². The second-order valence-corrected chi connectivity index (χ2v) is 4.72. The van der Waals surface area contributed by atoms with Gasteiger partial charge >= 0.3 is 0 Å². The summed E-state index contributed by atoms with van der Waals surface area (Å²) in [5, 5.41) is 9.00. The van der Waals surface area contributed by atoms with E-state index in [0.717, 1.165) is 36.2 Å². The normalized spacial score (nSPS) is 11.3. The van der Waals surface area contributed by atoms with Gasteiger partial charge in [0.25, 0.3) is 0 Å². The molecule has 0 saturated heterocycles. The second-order valence-electron chi connectivity index (χ2n) is 4.72. The van der Waals surface area contributed by atoms with Crippen molar-refractivity contribution in [2.75, 3.05) is 13.2 Å². The minimum absolute atomic E-state index is 0.201. The Morgan fingerprint density at radius 1 is 1.28 bits per heavy atom. The highest BCUT2D eigenvalue weighted by molar-refractivity contribution is 5.78. The van der Waals surface area contributed by atoms with Crippen molar-refractivity contribution in [1.29, 1.82) is 0 Å². The van der Waals surface area contributed by atoms with Crippen molar-refractivity contribution < 1.29 is 5.11 Å². The number of benzene rings is 1. The van der Waals surface area contributed by atoms with E-state index in [-0.39, 0.29) is 6.61 Å². The fraction of sp³-hybridized carbons (Fsp3) is 0.500. The van der Waals surface area contributed by atoms with Gasteiger partial charge in [-0.3, -0.25) is 0 Å². The number of imidazole rings is 1. The number of hydrogen-bond acceptors (Lipinski definition) is 3. The predicted molar refractivity (Wildman–Crippen MR) is 73.7 cm³/mol. The van der Waals surface area contributed by atoms with Crippen LogP contribution in [-0.4, -0.2) is 27.8 Å². The van der Waals surface area contributed by atoms with Gasteiger partial charge in [0.05, 0.1) is 11.0 Å². The molecule has 2 aromatic rings. The Balaban J connectivity index is 2.53. The molecule has 1 heterocycles. The highest BCUT2D eigenvalue weighted by atomic mass is 16.3. The molecule has 3 N–H and O–H groups in total. The molecule has 0 fully saturated rings. The standard InChI is InChI=1S/C14H21N3O/c1-10-8-12-13(9-11(10)2)17(6-3-7-18)14(16-12)4-5-15/h8-9,18H,3-7,15H2,1-2H3. The third-order valence-electron chi connectivity index (χ3n) is 3.35. The lowest BCUT2D eigenvalue weighted by molar-refractivity contribution is 0.280. The summed E-state index contributed by atoms with van der Waals surface area (Å²) in [6, 6.07) is 4.30. The average Bonchev–Trinajstić information content (AvgIpc) is 2.65. The Labute approximate surface area is 107 Å². The molecule has 0 spiro atoms. The summed E-state index contributed by atoms with van der Waals surface area (Å²) in [6.45, 7) is 5.81. The maximum absolute atomic E-state index is 9.00. The monoisotopic (exact) mass is 247 g/mol. The SMILES string of the molecule is Cc1cc2nc(CCN)n(CCCO)c2cc1C. The first kappa shape index (κ1) is 13.1. The van der Waals surface area contributed by atoms with Gasteiger partial charge in [-0.1, -0.05) is 0 Å². The van der Waals surface area contributed by atoms with E-state index in [9.17, 15) is 0 Å². The highest BCUT2D eigenvalue weighted by Gasteiger charge is 2.11. The topological polar surface area (TPSA) is 64.1 Å². The van der Waals surface area contributed by atoms with Crippen LogP contribution >= 0.6 is 0 Å². The van der Waals surface area contributed by atoms with Crippen LogP contribution in [0.1, 0.15) is 23.4 Å². The smallest absolute Gasteiger partial charge is 0.111 e. The lowest BCUT2D eigenvalue weighted by Crippen LogP contribution is -2.11. The number of aliphatic hydroxyl groups is 1. The quantitative estimate of drug-likeness (QED) is 0.842. The van der Waals surface area contributed by atoms with Crippen molar-refractivity contribution in [3.63, 3.8) is 0 Å². The summed E-state index contributed by atoms with van der Waals surface area (Å²) in [5.41, 5.74) is 10.3. The molecule has 4 nitrogen and oxygen atoms in total. The zero-order valence-corrected chi connectivity index (χ0v) is 11.1. The molecule has 0 atom stereocenters. The zero-order chi connectivity index (χ0) is 13.1. The second kappa shape index (κ2) is 5.50. The number of nitrogens with two attached hydrogens (primary N) is 1. The zero-order valence-electron chi connectivity index (χ0n) is 11.1. The molecule has 2 rings (SSSR count). The summed E-state index contributed by atoms with van der Waals surface area (Å²) in [4.78, 5) is 4.66. The first-order valence-electron chi connectivity index (χ1n) is 6.44. The number of hydrogen-bond donors (Lipinski definition) is 2. The van der Waals surface area contributed by atoms with Crippen LogP contribution in [0.5, 0.6) is 0 Å². The summed E-state index contributed by atoms with van der Waals surface area (Å²) in [6.07, 6.45) is 1.52. The van der Waals surface area contributed by atoms with Gasteiger partial charge in [0.15, 0.2) is 0 Å². The molecular weight excluding hydrogens is 226 g/mol. The molecule has 18 heavy (non-hydrogen) atoms. The van der Waals surface area contributed by atoms with Gasteiger partial charge < -0.3 is 15.4 Å². The maximum Gasteiger partial charge on any atom is 0.111 e. The van der Waals surface area contributed by atoms with Crippen molar-refractivity contribution in [3.8, 4) is 0 Å². The van der Waals surface area contributed by atoms with Crippen LogP contribution in [-0.2, 0) is 13.0 Å². The minimum atomic E-state index is 0.201. The van der Waals surface area contributed by atoms with Crippen LogP contribution < -0.4 is 5.73 Å². The van der Waals surface area contributed by atoms with Crippen molar-refractivity contribution in [2.24, 2.45) is 5.73 Å². The third-order valence-corrected chi connectivity index (χ3v) is 3.35. The van der Waals surface area contributed by atoms with E-state index < -0.39 is 0 Å². The van der Waals surface area contributed by atoms with E-state index >= 15 is 0 Å². The average molecular weight is 247 g/mol. The van der Waals surface area contributed by atoms with Crippen LogP contribution in [0.15, 0.2) is 12.1 Å². The molecule has 98 valence electrons. The molecule has 0 aliphatic rings. The van der Waals surface area contributed by atoms with Gasteiger partial charge in [0.2, 0.25) is 0 Å². The van der Waals surface area contributed by atoms with Crippen molar-refractivity contribution in [2.45, 2.75) is 33.2 Å². The van der Waals surface area contributed by atoms with E-state index in [4.69, 9.17) is 10.8 Å². The Kier molecular flexibility index (Phi) is 3.99. The molecule has 1 aromatic heterocycles. The molecule has 1 aromatic carbocycles. The fourth-order valence-corrected chi connectivity index (χ4v) is 2.23. The van der Waals surface area contributed by atoms with Crippen molar-refractivity contribution in [1.82, 2.24) is 9.55 Å². The third kappa shape index (κ3) is 2.40. The Bertz CT molecular complexity index is 545. The van der Waals surface area contributed by atoms with E-state index in [2.05, 4.69) is 35.5 Å². The molecule has 0 saturated carbocycles. The first-order chi connectivity index (χ1) is 8.67. The van der Waals surface area contributed by atoms with Crippen LogP contribution in [0.4, 0.5) is 0 Å². The van der Waals surface area contributed by atoms with Gasteiger partial charge in [-0.2, -0.15) is 0 Å². The molecular formula is C14H21N3O. The van der Waals surface area contributed by atoms with Gasteiger partial charge in [0.1, 0.15) is 5.82 Å². The molecule has 0 amide bonds. The Morgan fingerprint density at radius 3 is 2.67 bits per heavy atom. The molecule has 0 bridgehead atoms. The first-order valence-corrected chi connectivity index (χ1v) is 6.44. The number of aliphatic hydroxyl groups excluding tert-OH is 1. The number of nitrogens with zero attached hydrogens (tertiary/aromatic N) is 2. The molecule has 4 heteroatoms. The van der Waals surface area contributed by atoms with E-state index in [0.29, 0.717) is 6.54 Å². The number of aromatic nitrogens is 2. The van der Waals surface area contributed by atoms with Gasteiger partial charge in [-0.25, -0.2) is 4.98 Å². The van der Waals surface area contributed by atoms with E-state index in [1.165, 1.54) is 11.1 Å². The number of rotatable bonds is 5. The van der Waals surface area contributed by atoms with E-state index in [1.54, 1.807) is 0 Å². The van der Waals surface area contributed by atoms with Crippen molar-refractivity contribution in [3.05, 3.63) is 29.1 Å². The van der Waals surface area contributed by atoms with Crippen LogP contribution in [0.25, 0.3) is 11.0 Å². The predicted octanol–water partition coefficient (Wildman–Crippen LogP) is 1.54. The largest absolute Gasteiger partial charge is 0.396 e. The summed E-state index contributed by atoms with van der Waals surface area (Å²) in [7, 11) is 0. The van der Waals surface area contributed by atoms with E-state index in [1.807, 2.05) is 0 Å². The van der Waals surface area contributed by atoms with Gasteiger partial charge in [0, 0.05) is 19.6 Å². The molecule has 0 aliphatic carbocycles. The Hall–Kier alpha value is -1.39. The van der Waals surface area contributed by atoms with Gasteiger partial charge in [-0.15, -0.1) is 0 Å². The lowest BCUT2D eigenvalue weighted by Gasteiger charge is -2.08. The maximum atomic E-state index is 9.00. The summed E-state index contributed by atoms with van der Waals surface area (Å²) < 4.78 is 2.19. The lowest BCUT2D eigenvalue weighted by atomic mass is 10.1. The number of aryl methyl sites for hydroxylation is 3. The molecule has 0 radical (unpaired) electrons. The van der Waals surface area contributed by atoms with Crippen LogP contribution in [0, 0.1) is 13.8 Å². The van der Waals surface area contributed by atoms with Crippen molar-refractivity contribution >= 4 is 11.0 Å². The van der Waals surface area contributed by atoms with Gasteiger partial charge in [-0.05, 0) is 50.1 Å². The Morgan fingerprint density at radius 2 is 2.00 bits per heavy atom. The summed E-state index contributed by atoms with van der Waals surface area (Å²) >= 11 is 0. The summed E-state index contributed by atoms with van der Waals surface area (Å²) in [5.74, 6) is 1.02. The number of fused-ring (bicyclic) bond motifs is 1. The van der Waals surface area contributed by atoms with Crippen LogP contribution in [0.2, 0.25) is 0 Å². The molecule has 0 aliphatic heterocycles. The molecule has 0 unspecified atom stereocenters. The fourth-order valence-electron chi connectivity index (χ4n) is 2.23. The highest BCUT2D eigenvalue weighted by Crippen LogP contribution is 2.21. The minimum Gasteiger partial charge on any atom is -0.396 e.